The fourth-order valence-electron chi connectivity index (χ4n) is 3.06. The van der Waals surface area contributed by atoms with Crippen molar-refractivity contribution in [3.05, 3.63) is 0 Å². The van der Waals surface area contributed by atoms with E-state index >= 15 is 0 Å². The van der Waals surface area contributed by atoms with E-state index < -0.39 is 0 Å². The van der Waals surface area contributed by atoms with Gasteiger partial charge in [0, 0.05) is 6.04 Å². The van der Waals surface area contributed by atoms with Crippen LogP contribution in [0, 0.1) is 11.8 Å². The summed E-state index contributed by atoms with van der Waals surface area (Å²) in [6, 6.07) is -0.297. The van der Waals surface area contributed by atoms with Crippen molar-refractivity contribution < 1.29 is 9.59 Å². The van der Waals surface area contributed by atoms with Crippen LogP contribution in [-0.2, 0) is 9.59 Å². The van der Waals surface area contributed by atoms with Crippen LogP contribution in [0.1, 0.15) is 39.5 Å². The molecule has 0 radical (unpaired) electrons. The molecule has 2 atom stereocenters. The number of hydrogen-bond donors (Lipinski definition) is 1. The van der Waals surface area contributed by atoms with Crippen molar-refractivity contribution in [3.63, 3.8) is 0 Å². The largest absolute Gasteiger partial charge is 0.343 e. The van der Waals surface area contributed by atoms with Crippen molar-refractivity contribution in [2.45, 2.75) is 57.7 Å². The van der Waals surface area contributed by atoms with E-state index in [1.807, 2.05) is 11.8 Å². The third-order valence-corrected chi connectivity index (χ3v) is 4.31. The summed E-state index contributed by atoms with van der Waals surface area (Å²) in [7, 11) is 0. The number of hydrogen-bond acceptors (Lipinski definition) is 2. The van der Waals surface area contributed by atoms with Crippen LogP contribution < -0.4 is 5.32 Å². The minimum atomic E-state index is -0.348. The van der Waals surface area contributed by atoms with Gasteiger partial charge in [-0.15, -0.1) is 0 Å². The molecule has 1 heterocycles. The molecule has 3 aliphatic rings. The third-order valence-electron chi connectivity index (χ3n) is 4.31. The van der Waals surface area contributed by atoms with Gasteiger partial charge in [0.15, 0.2) is 0 Å². The summed E-state index contributed by atoms with van der Waals surface area (Å²) in [6.07, 6.45) is 4.92. The Bertz CT molecular complexity index is 348. The van der Waals surface area contributed by atoms with Crippen molar-refractivity contribution >= 4 is 11.8 Å². The predicted octanol–water partition coefficient (Wildman–Crippen LogP) is 0.910. The summed E-state index contributed by atoms with van der Waals surface area (Å²) >= 11 is 0. The first kappa shape index (κ1) is 11.1. The molecule has 3 rings (SSSR count). The summed E-state index contributed by atoms with van der Waals surface area (Å²) < 4.78 is 0. The summed E-state index contributed by atoms with van der Waals surface area (Å²) in [5.41, 5.74) is 0. The van der Waals surface area contributed by atoms with Gasteiger partial charge < -0.3 is 10.2 Å². The Morgan fingerprint density at radius 1 is 1.12 bits per heavy atom. The lowest BCUT2D eigenvalue weighted by molar-refractivity contribution is -0.152. The molecular weight excluding hydrogens is 216 g/mol. The average Bonchev–Trinajstić information content (AvgIpc) is 3.14. The number of carbonyl (C=O) groups excluding carboxylic acids is 2. The molecule has 2 amide bonds. The van der Waals surface area contributed by atoms with E-state index in [4.69, 9.17) is 0 Å². The Morgan fingerprint density at radius 2 is 1.65 bits per heavy atom. The number of nitrogens with zero attached hydrogens (tertiary/aromatic N) is 1. The minimum absolute atomic E-state index is 0.00315. The predicted molar refractivity (Wildman–Crippen MR) is 63.1 cm³/mol. The van der Waals surface area contributed by atoms with Crippen LogP contribution in [0.15, 0.2) is 0 Å². The number of rotatable bonds is 3. The van der Waals surface area contributed by atoms with Gasteiger partial charge >= 0.3 is 0 Å². The Morgan fingerprint density at radius 3 is 2.12 bits per heavy atom. The van der Waals surface area contributed by atoms with Crippen molar-refractivity contribution in [3.8, 4) is 0 Å². The second-order valence-corrected chi connectivity index (χ2v) is 5.82. The van der Waals surface area contributed by atoms with Gasteiger partial charge in [-0.05, 0) is 51.4 Å². The average molecular weight is 236 g/mol. The van der Waals surface area contributed by atoms with Gasteiger partial charge in [-0.25, -0.2) is 0 Å². The molecule has 17 heavy (non-hydrogen) atoms. The van der Waals surface area contributed by atoms with Gasteiger partial charge in [-0.1, -0.05) is 0 Å². The third kappa shape index (κ3) is 1.83. The first-order chi connectivity index (χ1) is 8.09. The molecule has 3 fully saturated rings. The molecular formula is C13H20N2O2. The number of nitrogens with one attached hydrogen (secondary N) is 1. The standard InChI is InChI=1S/C13H20N2O2/c1-7-13(17)15(8(2)12(16)14-7)11(9-3-4-9)10-5-6-10/h7-11H,3-6H2,1-2H3,(H,14,16). The molecule has 4 nitrogen and oxygen atoms in total. The molecule has 0 aromatic rings. The first-order valence-corrected chi connectivity index (χ1v) is 6.72. The molecule has 1 aliphatic heterocycles. The van der Waals surface area contributed by atoms with E-state index in [1.165, 1.54) is 25.7 Å². The van der Waals surface area contributed by atoms with E-state index in [0.717, 1.165) is 0 Å². The highest BCUT2D eigenvalue weighted by molar-refractivity contribution is 5.96. The summed E-state index contributed by atoms with van der Waals surface area (Å²) in [5, 5.41) is 2.75. The maximum absolute atomic E-state index is 12.3. The van der Waals surface area contributed by atoms with Crippen LogP contribution in [-0.4, -0.2) is 34.8 Å². The Labute approximate surface area is 102 Å². The minimum Gasteiger partial charge on any atom is -0.343 e. The quantitative estimate of drug-likeness (QED) is 0.792. The van der Waals surface area contributed by atoms with E-state index in [2.05, 4.69) is 5.32 Å². The summed E-state index contributed by atoms with van der Waals surface area (Å²) in [6.45, 7) is 3.65. The lowest BCUT2D eigenvalue weighted by Gasteiger charge is -2.42. The maximum atomic E-state index is 12.3. The second kappa shape index (κ2) is 3.72. The molecule has 0 spiro atoms. The highest BCUT2D eigenvalue weighted by Gasteiger charge is 2.50. The van der Waals surface area contributed by atoms with Crippen LogP contribution in [0.25, 0.3) is 0 Å². The van der Waals surface area contributed by atoms with E-state index in [9.17, 15) is 9.59 Å². The molecule has 0 aromatic carbocycles. The monoisotopic (exact) mass is 236 g/mol. The lowest BCUT2D eigenvalue weighted by Crippen LogP contribution is -2.64. The molecule has 1 saturated heterocycles. The van der Waals surface area contributed by atoms with Crippen LogP contribution in [0.3, 0.4) is 0 Å². The SMILES string of the molecule is CC1NC(=O)C(C)N(C(C2CC2)C2CC2)C1=O. The zero-order chi connectivity index (χ0) is 12.2. The summed E-state index contributed by atoms with van der Waals surface area (Å²) in [4.78, 5) is 26.0. The number of carbonyl (C=O) groups is 2. The molecule has 4 heteroatoms. The molecule has 2 unspecified atom stereocenters. The van der Waals surface area contributed by atoms with Crippen LogP contribution in [0.2, 0.25) is 0 Å². The van der Waals surface area contributed by atoms with Gasteiger partial charge in [-0.2, -0.15) is 0 Å². The molecule has 0 bridgehead atoms. The second-order valence-electron chi connectivity index (χ2n) is 5.82. The van der Waals surface area contributed by atoms with Crippen molar-refractivity contribution in [1.29, 1.82) is 0 Å². The van der Waals surface area contributed by atoms with Crippen LogP contribution in [0.5, 0.6) is 0 Å². The van der Waals surface area contributed by atoms with E-state index in [1.54, 1.807) is 6.92 Å². The number of amides is 2. The van der Waals surface area contributed by atoms with Crippen LogP contribution >= 0.6 is 0 Å². The van der Waals surface area contributed by atoms with E-state index in [-0.39, 0.29) is 23.9 Å². The van der Waals surface area contributed by atoms with Gasteiger partial charge in [-0.3, -0.25) is 9.59 Å². The normalized spacial score (nSPS) is 34.2. The molecule has 2 aliphatic carbocycles. The molecule has 2 saturated carbocycles. The van der Waals surface area contributed by atoms with Crippen molar-refractivity contribution in [2.75, 3.05) is 0 Å². The Balaban J connectivity index is 1.86. The fourth-order valence-corrected chi connectivity index (χ4v) is 3.06. The van der Waals surface area contributed by atoms with Gasteiger partial charge in [0.25, 0.3) is 0 Å². The van der Waals surface area contributed by atoms with Crippen molar-refractivity contribution in [2.24, 2.45) is 11.8 Å². The zero-order valence-electron chi connectivity index (χ0n) is 10.5. The fraction of sp³-hybridized carbons (Fsp3) is 0.846. The highest BCUT2D eigenvalue weighted by atomic mass is 16.2. The van der Waals surface area contributed by atoms with Gasteiger partial charge in [0.1, 0.15) is 12.1 Å². The van der Waals surface area contributed by atoms with Gasteiger partial charge in [0.2, 0.25) is 11.8 Å². The summed E-state index contributed by atoms with van der Waals surface area (Å²) in [5.74, 6) is 1.43. The molecule has 0 aromatic heterocycles. The smallest absolute Gasteiger partial charge is 0.245 e. The van der Waals surface area contributed by atoms with Crippen LogP contribution in [0.4, 0.5) is 0 Å². The maximum Gasteiger partial charge on any atom is 0.245 e. The molecule has 1 N–H and O–H groups in total. The van der Waals surface area contributed by atoms with Gasteiger partial charge in [0.05, 0.1) is 0 Å². The number of piperazine rings is 1. The first-order valence-electron chi connectivity index (χ1n) is 6.72. The highest BCUT2D eigenvalue weighted by Crippen LogP contribution is 2.48. The molecule has 94 valence electrons. The van der Waals surface area contributed by atoms with Crippen molar-refractivity contribution in [1.82, 2.24) is 10.2 Å². The van der Waals surface area contributed by atoms with E-state index in [0.29, 0.717) is 17.9 Å². The lowest BCUT2D eigenvalue weighted by atomic mass is 9.99. The Kier molecular flexibility index (Phi) is 2.42. The topological polar surface area (TPSA) is 49.4 Å². The zero-order valence-corrected chi connectivity index (χ0v) is 10.5. The Hall–Kier alpha value is -1.06.